The van der Waals surface area contributed by atoms with Gasteiger partial charge in [-0.3, -0.25) is 0 Å². The van der Waals surface area contributed by atoms with Crippen molar-refractivity contribution >= 4 is 5.82 Å². The van der Waals surface area contributed by atoms with Gasteiger partial charge in [-0.25, -0.2) is 4.98 Å². The molecule has 0 radical (unpaired) electrons. The van der Waals surface area contributed by atoms with Crippen LogP contribution in [0.2, 0.25) is 0 Å². The standard InChI is InChI=1S/C19H20N4O3/c1-24-14-8-6-13(7-9-14)17-22-19(26-23-17)16-5-2-10-20-18(16)21-12-15-4-3-11-25-15/h2,5-10,15H,3-4,11-12H2,1H3,(H,20,21)/t15-/m1/s1. The SMILES string of the molecule is COc1ccc(-c2noc(-c3cccnc3NC[C@H]3CCCO3)n2)cc1. The summed E-state index contributed by atoms with van der Waals surface area (Å²) in [5.41, 5.74) is 1.64. The van der Waals surface area contributed by atoms with Crippen molar-refractivity contribution in [3.05, 3.63) is 42.6 Å². The summed E-state index contributed by atoms with van der Waals surface area (Å²) in [5.74, 6) is 2.45. The number of pyridine rings is 1. The fraction of sp³-hybridized carbons (Fsp3) is 0.316. The van der Waals surface area contributed by atoms with Crippen LogP contribution in [0, 0.1) is 0 Å². The van der Waals surface area contributed by atoms with E-state index in [2.05, 4.69) is 20.4 Å². The van der Waals surface area contributed by atoms with Gasteiger partial charge in [-0.2, -0.15) is 4.98 Å². The Balaban J connectivity index is 1.54. The van der Waals surface area contributed by atoms with E-state index in [1.165, 1.54) is 0 Å². The van der Waals surface area contributed by atoms with Crippen LogP contribution in [0.5, 0.6) is 5.75 Å². The molecule has 1 atom stereocenters. The Morgan fingerprint density at radius 1 is 1.23 bits per heavy atom. The second kappa shape index (κ2) is 7.53. The zero-order valence-corrected chi connectivity index (χ0v) is 14.5. The van der Waals surface area contributed by atoms with Crippen molar-refractivity contribution < 1.29 is 14.0 Å². The molecule has 1 N–H and O–H groups in total. The van der Waals surface area contributed by atoms with Crippen molar-refractivity contribution in [3.63, 3.8) is 0 Å². The first-order valence-corrected chi connectivity index (χ1v) is 8.62. The van der Waals surface area contributed by atoms with Gasteiger partial charge < -0.3 is 19.3 Å². The van der Waals surface area contributed by atoms with Crippen LogP contribution in [-0.2, 0) is 4.74 Å². The topological polar surface area (TPSA) is 82.3 Å². The fourth-order valence-corrected chi connectivity index (χ4v) is 2.92. The van der Waals surface area contributed by atoms with Gasteiger partial charge in [0.25, 0.3) is 5.89 Å². The molecule has 0 aliphatic carbocycles. The van der Waals surface area contributed by atoms with E-state index in [4.69, 9.17) is 14.0 Å². The van der Waals surface area contributed by atoms with Gasteiger partial charge in [-0.1, -0.05) is 5.16 Å². The van der Waals surface area contributed by atoms with Gasteiger partial charge in [0.1, 0.15) is 11.6 Å². The molecule has 3 heterocycles. The van der Waals surface area contributed by atoms with E-state index < -0.39 is 0 Å². The molecular weight excluding hydrogens is 332 g/mol. The monoisotopic (exact) mass is 352 g/mol. The van der Waals surface area contributed by atoms with Gasteiger partial charge >= 0.3 is 0 Å². The van der Waals surface area contributed by atoms with Crippen molar-refractivity contribution in [2.45, 2.75) is 18.9 Å². The van der Waals surface area contributed by atoms with Crippen molar-refractivity contribution in [1.29, 1.82) is 0 Å². The smallest absolute Gasteiger partial charge is 0.261 e. The third-order valence-electron chi connectivity index (χ3n) is 4.33. The normalized spacial score (nSPS) is 16.6. The molecule has 1 fully saturated rings. The van der Waals surface area contributed by atoms with Gasteiger partial charge in [-0.15, -0.1) is 0 Å². The van der Waals surface area contributed by atoms with E-state index >= 15 is 0 Å². The molecule has 0 unspecified atom stereocenters. The summed E-state index contributed by atoms with van der Waals surface area (Å²) < 4.78 is 16.3. The van der Waals surface area contributed by atoms with Crippen LogP contribution in [0.3, 0.4) is 0 Å². The van der Waals surface area contributed by atoms with Gasteiger partial charge in [0, 0.05) is 24.9 Å². The van der Waals surface area contributed by atoms with Crippen molar-refractivity contribution in [3.8, 4) is 28.6 Å². The average molecular weight is 352 g/mol. The number of ether oxygens (including phenoxy) is 2. The summed E-state index contributed by atoms with van der Waals surface area (Å²) in [6, 6.07) is 11.3. The van der Waals surface area contributed by atoms with Gasteiger partial charge in [0.05, 0.1) is 18.8 Å². The molecule has 7 nitrogen and oxygen atoms in total. The van der Waals surface area contributed by atoms with Crippen LogP contribution in [0.15, 0.2) is 47.1 Å². The molecule has 4 rings (SSSR count). The molecule has 0 spiro atoms. The van der Waals surface area contributed by atoms with Crippen LogP contribution < -0.4 is 10.1 Å². The molecule has 0 bridgehead atoms. The fourth-order valence-electron chi connectivity index (χ4n) is 2.92. The number of nitrogens with one attached hydrogen (secondary N) is 1. The minimum atomic E-state index is 0.224. The summed E-state index contributed by atoms with van der Waals surface area (Å²) in [5, 5.41) is 7.43. The summed E-state index contributed by atoms with van der Waals surface area (Å²) in [7, 11) is 1.63. The zero-order valence-electron chi connectivity index (χ0n) is 14.5. The molecule has 7 heteroatoms. The number of rotatable bonds is 6. The van der Waals surface area contributed by atoms with Crippen LogP contribution in [0.1, 0.15) is 12.8 Å². The molecule has 1 saturated heterocycles. The number of nitrogens with zero attached hydrogens (tertiary/aromatic N) is 3. The second-order valence-corrected chi connectivity index (χ2v) is 6.07. The predicted molar refractivity (Wildman–Crippen MR) is 97.0 cm³/mol. The first kappa shape index (κ1) is 16.5. The van der Waals surface area contributed by atoms with Crippen LogP contribution in [0.25, 0.3) is 22.8 Å². The van der Waals surface area contributed by atoms with Crippen LogP contribution in [0.4, 0.5) is 5.82 Å². The highest BCUT2D eigenvalue weighted by molar-refractivity contribution is 5.70. The maximum atomic E-state index is 5.65. The van der Waals surface area contributed by atoms with Crippen LogP contribution in [-0.4, -0.2) is 41.5 Å². The van der Waals surface area contributed by atoms with Crippen molar-refractivity contribution in [1.82, 2.24) is 15.1 Å². The first-order chi connectivity index (χ1) is 12.8. The Labute approximate surface area is 151 Å². The lowest BCUT2D eigenvalue weighted by Gasteiger charge is -2.12. The molecule has 0 saturated carbocycles. The summed E-state index contributed by atoms with van der Waals surface area (Å²) >= 11 is 0. The molecule has 1 aliphatic rings. The highest BCUT2D eigenvalue weighted by Crippen LogP contribution is 2.28. The number of hydrogen-bond donors (Lipinski definition) is 1. The van der Waals surface area contributed by atoms with E-state index in [0.29, 0.717) is 24.1 Å². The number of aromatic nitrogens is 3. The molecule has 1 aliphatic heterocycles. The highest BCUT2D eigenvalue weighted by atomic mass is 16.5. The predicted octanol–water partition coefficient (Wildman–Crippen LogP) is 3.40. The van der Waals surface area contributed by atoms with Gasteiger partial charge in [0.15, 0.2) is 0 Å². The third-order valence-corrected chi connectivity index (χ3v) is 4.33. The summed E-state index contributed by atoms with van der Waals surface area (Å²) in [6.07, 6.45) is 4.14. The second-order valence-electron chi connectivity index (χ2n) is 6.07. The van der Waals surface area contributed by atoms with E-state index in [-0.39, 0.29) is 6.10 Å². The number of anilines is 1. The number of benzene rings is 1. The molecule has 26 heavy (non-hydrogen) atoms. The van der Waals surface area contributed by atoms with Crippen molar-refractivity contribution in [2.24, 2.45) is 0 Å². The van der Waals surface area contributed by atoms with Gasteiger partial charge in [0.2, 0.25) is 5.82 Å². The van der Waals surface area contributed by atoms with E-state index in [9.17, 15) is 0 Å². The lowest BCUT2D eigenvalue weighted by Crippen LogP contribution is -2.19. The summed E-state index contributed by atoms with van der Waals surface area (Å²) in [6.45, 7) is 1.54. The Morgan fingerprint density at radius 2 is 2.12 bits per heavy atom. The van der Waals surface area contributed by atoms with E-state index in [0.717, 1.165) is 36.3 Å². The molecule has 0 amide bonds. The highest BCUT2D eigenvalue weighted by Gasteiger charge is 2.18. The Morgan fingerprint density at radius 3 is 2.88 bits per heavy atom. The summed E-state index contributed by atoms with van der Waals surface area (Å²) in [4.78, 5) is 8.93. The zero-order chi connectivity index (χ0) is 17.8. The minimum absolute atomic E-state index is 0.224. The Bertz CT molecular complexity index is 857. The number of hydrogen-bond acceptors (Lipinski definition) is 7. The van der Waals surface area contributed by atoms with E-state index in [1.807, 2.05) is 36.4 Å². The largest absolute Gasteiger partial charge is 0.497 e. The average Bonchev–Trinajstić information content (AvgIpc) is 3.39. The maximum Gasteiger partial charge on any atom is 0.261 e. The maximum absolute atomic E-state index is 5.65. The lowest BCUT2D eigenvalue weighted by atomic mass is 10.2. The molecule has 134 valence electrons. The lowest BCUT2D eigenvalue weighted by molar-refractivity contribution is 0.120. The van der Waals surface area contributed by atoms with Crippen LogP contribution >= 0.6 is 0 Å². The molecule has 1 aromatic carbocycles. The number of methoxy groups -OCH3 is 1. The third kappa shape index (κ3) is 3.52. The molecule has 3 aromatic rings. The molecule has 2 aromatic heterocycles. The molecular formula is C19H20N4O3. The minimum Gasteiger partial charge on any atom is -0.497 e. The van der Waals surface area contributed by atoms with E-state index in [1.54, 1.807) is 13.3 Å². The Kier molecular flexibility index (Phi) is 4.79. The Hall–Kier alpha value is -2.93. The quantitative estimate of drug-likeness (QED) is 0.728. The van der Waals surface area contributed by atoms with Gasteiger partial charge in [-0.05, 0) is 49.2 Å². The van der Waals surface area contributed by atoms with Crippen molar-refractivity contribution in [2.75, 3.05) is 25.6 Å². The first-order valence-electron chi connectivity index (χ1n) is 8.62.